The van der Waals surface area contributed by atoms with Gasteiger partial charge in [-0.3, -0.25) is 9.36 Å². The van der Waals surface area contributed by atoms with Crippen molar-refractivity contribution >= 4 is 23.4 Å². The predicted octanol–water partition coefficient (Wildman–Crippen LogP) is 5.68. The van der Waals surface area contributed by atoms with Gasteiger partial charge in [0.1, 0.15) is 5.75 Å². The Morgan fingerprint density at radius 3 is 2.42 bits per heavy atom. The molecule has 7 heteroatoms. The van der Waals surface area contributed by atoms with Gasteiger partial charge >= 0.3 is 0 Å². The number of hydrogen-bond acceptors (Lipinski definition) is 5. The maximum Gasteiger partial charge on any atom is 0.234 e. The van der Waals surface area contributed by atoms with Gasteiger partial charge in [0, 0.05) is 16.9 Å². The number of thioether (sulfide) groups is 1. The van der Waals surface area contributed by atoms with E-state index in [1.807, 2.05) is 60.0 Å². The highest BCUT2D eigenvalue weighted by Gasteiger charge is 2.17. The zero-order chi connectivity index (χ0) is 23.2. The molecular weight excluding hydrogens is 432 g/mol. The summed E-state index contributed by atoms with van der Waals surface area (Å²) in [4.78, 5) is 12.6. The third-order valence-electron chi connectivity index (χ3n) is 4.98. The highest BCUT2D eigenvalue weighted by atomic mass is 32.2. The average Bonchev–Trinajstić information content (AvgIpc) is 3.24. The summed E-state index contributed by atoms with van der Waals surface area (Å²) >= 11 is 1.36. The van der Waals surface area contributed by atoms with E-state index in [4.69, 9.17) is 4.74 Å². The van der Waals surface area contributed by atoms with Gasteiger partial charge in [-0.2, -0.15) is 0 Å². The number of aromatic nitrogens is 3. The minimum atomic E-state index is -0.111. The molecule has 0 spiro atoms. The molecule has 0 fully saturated rings. The molecule has 6 nitrogen and oxygen atoms in total. The summed E-state index contributed by atoms with van der Waals surface area (Å²) in [6.07, 6.45) is 0. The number of ether oxygens (including phenoxy) is 1. The lowest BCUT2D eigenvalue weighted by molar-refractivity contribution is -0.113. The Labute approximate surface area is 198 Å². The molecule has 4 aromatic rings. The minimum Gasteiger partial charge on any atom is -0.494 e. The molecule has 0 saturated heterocycles. The Morgan fingerprint density at radius 2 is 1.73 bits per heavy atom. The Kier molecular flexibility index (Phi) is 7.10. The van der Waals surface area contributed by atoms with E-state index in [1.54, 1.807) is 0 Å². The van der Waals surface area contributed by atoms with Crippen molar-refractivity contribution in [1.82, 2.24) is 14.8 Å². The molecule has 1 aromatic heterocycles. The van der Waals surface area contributed by atoms with Crippen LogP contribution >= 0.6 is 11.8 Å². The maximum atomic E-state index is 12.6. The van der Waals surface area contributed by atoms with Crippen LogP contribution in [0.25, 0.3) is 17.1 Å². The first-order chi connectivity index (χ1) is 16.0. The smallest absolute Gasteiger partial charge is 0.234 e. The number of carbonyl (C=O) groups excluding carboxylic acids is 1. The van der Waals surface area contributed by atoms with Crippen molar-refractivity contribution in [2.75, 3.05) is 17.7 Å². The van der Waals surface area contributed by atoms with E-state index in [2.05, 4.69) is 53.6 Å². The molecule has 1 N–H and O–H groups in total. The number of carbonyl (C=O) groups is 1. The molecule has 1 heterocycles. The minimum absolute atomic E-state index is 0.111. The number of aryl methyl sites for hydroxylation is 2. The number of amides is 1. The highest BCUT2D eigenvalue weighted by Crippen LogP contribution is 2.29. The van der Waals surface area contributed by atoms with Gasteiger partial charge in [-0.1, -0.05) is 53.2 Å². The lowest BCUT2D eigenvalue weighted by Gasteiger charge is -2.11. The van der Waals surface area contributed by atoms with Gasteiger partial charge in [-0.05, 0) is 63.2 Å². The Bertz CT molecular complexity index is 1230. The van der Waals surface area contributed by atoms with Gasteiger partial charge in [0.15, 0.2) is 11.0 Å². The summed E-state index contributed by atoms with van der Waals surface area (Å²) in [5.41, 5.74) is 4.98. The van der Waals surface area contributed by atoms with Gasteiger partial charge in [0.05, 0.1) is 12.4 Å². The fraction of sp³-hybridized carbons (Fsp3) is 0.192. The summed E-state index contributed by atoms with van der Waals surface area (Å²) in [6, 6.07) is 23.7. The summed E-state index contributed by atoms with van der Waals surface area (Å²) in [5.74, 6) is 1.63. The van der Waals surface area contributed by atoms with Crippen LogP contribution in [0.15, 0.2) is 78.0 Å². The molecule has 1 amide bonds. The fourth-order valence-electron chi connectivity index (χ4n) is 3.39. The van der Waals surface area contributed by atoms with Gasteiger partial charge in [-0.15, -0.1) is 10.2 Å². The molecule has 0 aliphatic carbocycles. The number of anilines is 1. The molecular formula is C26H26N4O2S. The van der Waals surface area contributed by atoms with Gasteiger partial charge in [0.2, 0.25) is 5.91 Å². The van der Waals surface area contributed by atoms with Crippen LogP contribution in [0.3, 0.4) is 0 Å². The van der Waals surface area contributed by atoms with Crippen molar-refractivity contribution in [2.45, 2.75) is 25.9 Å². The predicted molar refractivity (Wildman–Crippen MR) is 133 cm³/mol. The quantitative estimate of drug-likeness (QED) is 0.344. The van der Waals surface area contributed by atoms with Crippen molar-refractivity contribution < 1.29 is 9.53 Å². The Hall–Kier alpha value is -3.58. The van der Waals surface area contributed by atoms with E-state index in [1.165, 1.54) is 17.3 Å². The van der Waals surface area contributed by atoms with Gasteiger partial charge in [0.25, 0.3) is 0 Å². The zero-order valence-electron chi connectivity index (χ0n) is 18.9. The fourth-order valence-corrected chi connectivity index (χ4v) is 4.14. The summed E-state index contributed by atoms with van der Waals surface area (Å²) < 4.78 is 7.45. The second-order valence-corrected chi connectivity index (χ2v) is 8.58. The summed E-state index contributed by atoms with van der Waals surface area (Å²) in [7, 11) is 0. The monoisotopic (exact) mass is 458 g/mol. The van der Waals surface area contributed by atoms with E-state index in [0.717, 1.165) is 34.1 Å². The number of nitrogens with zero attached hydrogens (tertiary/aromatic N) is 3. The van der Waals surface area contributed by atoms with Crippen LogP contribution in [-0.2, 0) is 4.79 Å². The van der Waals surface area contributed by atoms with Crippen molar-refractivity contribution in [2.24, 2.45) is 0 Å². The Morgan fingerprint density at radius 1 is 0.970 bits per heavy atom. The largest absolute Gasteiger partial charge is 0.494 e. The zero-order valence-corrected chi connectivity index (χ0v) is 19.7. The van der Waals surface area contributed by atoms with Crippen LogP contribution in [0.2, 0.25) is 0 Å². The highest BCUT2D eigenvalue weighted by molar-refractivity contribution is 7.99. The van der Waals surface area contributed by atoms with Gasteiger partial charge < -0.3 is 10.1 Å². The van der Waals surface area contributed by atoms with E-state index in [0.29, 0.717) is 11.8 Å². The van der Waals surface area contributed by atoms with Crippen molar-refractivity contribution in [1.29, 1.82) is 0 Å². The maximum absolute atomic E-state index is 12.6. The summed E-state index contributed by atoms with van der Waals surface area (Å²) in [5, 5.41) is 12.5. The van der Waals surface area contributed by atoms with Gasteiger partial charge in [-0.25, -0.2) is 0 Å². The second kappa shape index (κ2) is 10.4. The number of benzene rings is 3. The second-order valence-electron chi connectivity index (χ2n) is 7.64. The standard InChI is InChI=1S/C26H26N4O2S/c1-4-32-23-14-10-21(11-15-23)27-24(31)17-33-26-29-28-25(20-7-5-6-19(3)16-20)30(26)22-12-8-18(2)9-13-22/h5-16H,4,17H2,1-3H3,(H,27,31). The van der Waals surface area contributed by atoms with Crippen LogP contribution in [-0.4, -0.2) is 33.0 Å². The molecule has 33 heavy (non-hydrogen) atoms. The van der Waals surface area contributed by atoms with Crippen LogP contribution in [0.5, 0.6) is 5.75 Å². The molecule has 0 unspecified atom stereocenters. The van der Waals surface area contributed by atoms with Crippen LogP contribution < -0.4 is 10.1 Å². The van der Waals surface area contributed by atoms with E-state index >= 15 is 0 Å². The normalized spacial score (nSPS) is 10.8. The van der Waals surface area contributed by atoms with E-state index < -0.39 is 0 Å². The third-order valence-corrected chi connectivity index (χ3v) is 5.91. The first-order valence-corrected chi connectivity index (χ1v) is 11.8. The first-order valence-electron chi connectivity index (χ1n) is 10.8. The van der Waals surface area contributed by atoms with Crippen LogP contribution in [0, 0.1) is 13.8 Å². The number of hydrogen-bond donors (Lipinski definition) is 1. The average molecular weight is 459 g/mol. The van der Waals surface area contributed by atoms with Crippen molar-refractivity contribution in [3.8, 4) is 22.8 Å². The SMILES string of the molecule is CCOc1ccc(NC(=O)CSc2nnc(-c3cccc(C)c3)n2-c2ccc(C)cc2)cc1. The number of rotatable bonds is 8. The van der Waals surface area contributed by atoms with Crippen LogP contribution in [0.4, 0.5) is 5.69 Å². The molecule has 0 aliphatic heterocycles. The molecule has 168 valence electrons. The van der Waals surface area contributed by atoms with E-state index in [-0.39, 0.29) is 11.7 Å². The molecule has 4 rings (SSSR count). The van der Waals surface area contributed by atoms with Crippen LogP contribution in [0.1, 0.15) is 18.1 Å². The lowest BCUT2D eigenvalue weighted by Crippen LogP contribution is -2.14. The molecule has 0 atom stereocenters. The number of nitrogens with one attached hydrogen (secondary N) is 1. The molecule has 3 aromatic carbocycles. The third kappa shape index (κ3) is 5.62. The molecule has 0 radical (unpaired) electrons. The first kappa shape index (κ1) is 22.6. The van der Waals surface area contributed by atoms with Crippen molar-refractivity contribution in [3.05, 3.63) is 83.9 Å². The summed E-state index contributed by atoms with van der Waals surface area (Å²) in [6.45, 7) is 6.65. The Balaban J connectivity index is 1.54. The van der Waals surface area contributed by atoms with Crippen molar-refractivity contribution in [3.63, 3.8) is 0 Å². The molecule has 0 aliphatic rings. The molecule has 0 saturated carbocycles. The molecule has 0 bridgehead atoms. The topological polar surface area (TPSA) is 69.0 Å². The van der Waals surface area contributed by atoms with E-state index in [9.17, 15) is 4.79 Å². The lowest BCUT2D eigenvalue weighted by atomic mass is 10.1.